The Hall–Kier alpha value is -1.38. The second kappa shape index (κ2) is 2.47. The molecule has 1 aromatic rings. The normalized spacial score (nSPS) is 9.30. The molecule has 3 heteroatoms. The maximum atomic E-state index is 10.2. The first-order chi connectivity index (χ1) is 4.72. The van der Waals surface area contributed by atoms with Gasteiger partial charge in [-0.1, -0.05) is 6.07 Å². The van der Waals surface area contributed by atoms with Gasteiger partial charge in [-0.2, -0.15) is 0 Å². The number of hydrogen-bond acceptors (Lipinski definition) is 3. The molecule has 0 spiro atoms. The second-order valence-corrected chi connectivity index (χ2v) is 1.96. The lowest BCUT2D eigenvalue weighted by atomic mass is 10.2. The third-order valence-corrected chi connectivity index (χ3v) is 1.20. The van der Waals surface area contributed by atoms with Crippen LogP contribution in [0.15, 0.2) is 18.3 Å². The molecule has 1 rings (SSSR count). The van der Waals surface area contributed by atoms with Crippen LogP contribution < -0.4 is 5.11 Å². The smallest absolute Gasteiger partial charge is 0.0902 e. The van der Waals surface area contributed by atoms with Gasteiger partial charge in [0.15, 0.2) is 0 Å². The Kier molecular flexibility index (Phi) is 1.67. The first-order valence-corrected chi connectivity index (χ1v) is 2.85. The lowest BCUT2D eigenvalue weighted by molar-refractivity contribution is -0.255. The van der Waals surface area contributed by atoms with E-state index in [1.807, 2.05) is 0 Å². The van der Waals surface area contributed by atoms with E-state index in [0.717, 1.165) is 0 Å². The molecule has 1 aromatic heterocycles. The Bertz CT molecular complexity index is 258. The van der Waals surface area contributed by atoms with E-state index in [4.69, 9.17) is 0 Å². The summed E-state index contributed by atoms with van der Waals surface area (Å²) in [5, 5.41) is 10.2. The van der Waals surface area contributed by atoms with Crippen LogP contribution in [-0.4, -0.2) is 11.0 Å². The fourth-order valence-corrected chi connectivity index (χ4v) is 0.699. The van der Waals surface area contributed by atoms with Gasteiger partial charge in [0, 0.05) is 6.20 Å². The number of hydrogen-bond donors (Lipinski definition) is 0. The number of carboxylic acids is 1. The molecule has 10 heavy (non-hydrogen) atoms. The quantitative estimate of drug-likeness (QED) is 0.535. The monoisotopic (exact) mass is 136 g/mol. The molecule has 0 saturated heterocycles. The van der Waals surface area contributed by atoms with Crippen LogP contribution in [0.4, 0.5) is 0 Å². The van der Waals surface area contributed by atoms with Gasteiger partial charge in [-0.25, -0.2) is 0 Å². The Labute approximate surface area is 58.3 Å². The minimum absolute atomic E-state index is 0.0162. The summed E-state index contributed by atoms with van der Waals surface area (Å²) < 4.78 is 0. The van der Waals surface area contributed by atoms with Gasteiger partial charge < -0.3 is 9.90 Å². The molecule has 0 amide bonds. The maximum absolute atomic E-state index is 10.2. The largest absolute Gasteiger partial charge is 0.543 e. The number of carboxylic acid groups (broad SMARTS) is 1. The summed E-state index contributed by atoms with van der Waals surface area (Å²) >= 11 is 0. The third kappa shape index (κ3) is 1.13. The summed E-state index contributed by atoms with van der Waals surface area (Å²) in [6.07, 6.45) is 1.43. The molecule has 0 saturated carbocycles. The molecule has 0 aliphatic rings. The van der Waals surface area contributed by atoms with Gasteiger partial charge in [-0.15, -0.1) is 0 Å². The van der Waals surface area contributed by atoms with Crippen LogP contribution in [-0.2, 0) is 0 Å². The lowest BCUT2D eigenvalue weighted by Crippen LogP contribution is -2.24. The predicted octanol–water partition coefficient (Wildman–Crippen LogP) is -0.246. The second-order valence-electron chi connectivity index (χ2n) is 1.96. The van der Waals surface area contributed by atoms with E-state index in [1.54, 1.807) is 19.1 Å². The van der Waals surface area contributed by atoms with Crippen LogP contribution in [0.1, 0.15) is 16.1 Å². The van der Waals surface area contributed by atoms with Gasteiger partial charge in [0.2, 0.25) is 0 Å². The zero-order chi connectivity index (χ0) is 7.56. The van der Waals surface area contributed by atoms with Crippen molar-refractivity contribution in [2.75, 3.05) is 0 Å². The fourth-order valence-electron chi connectivity index (χ4n) is 0.699. The molecule has 3 nitrogen and oxygen atoms in total. The van der Waals surface area contributed by atoms with Crippen molar-refractivity contribution in [2.24, 2.45) is 0 Å². The minimum Gasteiger partial charge on any atom is -0.543 e. The highest BCUT2D eigenvalue weighted by Crippen LogP contribution is 2.00. The lowest BCUT2D eigenvalue weighted by Gasteiger charge is -2.02. The molecule has 0 aromatic carbocycles. The number of aromatic carboxylic acids is 1. The van der Waals surface area contributed by atoms with Gasteiger partial charge >= 0.3 is 0 Å². The number of carbonyl (C=O) groups excluding carboxylic acids is 1. The summed E-state index contributed by atoms with van der Waals surface area (Å²) in [4.78, 5) is 13.9. The summed E-state index contributed by atoms with van der Waals surface area (Å²) in [6, 6.07) is 3.36. The summed E-state index contributed by atoms with van der Waals surface area (Å²) in [7, 11) is 0. The van der Waals surface area contributed by atoms with E-state index in [-0.39, 0.29) is 5.69 Å². The molecular formula is C7H6NO2-. The van der Waals surface area contributed by atoms with Crippen molar-refractivity contribution in [2.45, 2.75) is 6.92 Å². The molecular weight excluding hydrogens is 130 g/mol. The van der Waals surface area contributed by atoms with Crippen LogP contribution in [0, 0.1) is 6.92 Å². The van der Waals surface area contributed by atoms with E-state index < -0.39 is 5.97 Å². The van der Waals surface area contributed by atoms with E-state index in [0.29, 0.717) is 5.56 Å². The van der Waals surface area contributed by atoms with E-state index >= 15 is 0 Å². The van der Waals surface area contributed by atoms with Crippen molar-refractivity contribution in [3.8, 4) is 0 Å². The number of pyridine rings is 1. The molecule has 0 fully saturated rings. The number of aryl methyl sites for hydroxylation is 1. The number of carbonyl (C=O) groups is 1. The Morgan fingerprint density at radius 1 is 1.70 bits per heavy atom. The average molecular weight is 136 g/mol. The van der Waals surface area contributed by atoms with Crippen molar-refractivity contribution in [3.63, 3.8) is 0 Å². The fraction of sp³-hybridized carbons (Fsp3) is 0.143. The molecule has 0 atom stereocenters. The first kappa shape index (κ1) is 6.74. The summed E-state index contributed by atoms with van der Waals surface area (Å²) in [5.74, 6) is -1.22. The van der Waals surface area contributed by atoms with E-state index in [2.05, 4.69) is 4.98 Å². The highest BCUT2D eigenvalue weighted by molar-refractivity contribution is 5.84. The maximum Gasteiger partial charge on any atom is 0.0902 e. The number of aromatic nitrogens is 1. The van der Waals surface area contributed by atoms with Crippen LogP contribution in [0.3, 0.4) is 0 Å². The van der Waals surface area contributed by atoms with Gasteiger partial charge in [-0.3, -0.25) is 4.98 Å². The summed E-state index contributed by atoms with van der Waals surface area (Å²) in [5.41, 5.74) is 0.644. The van der Waals surface area contributed by atoms with Crippen molar-refractivity contribution in [1.82, 2.24) is 4.98 Å². The van der Waals surface area contributed by atoms with Crippen LogP contribution in [0.25, 0.3) is 0 Å². The molecule has 52 valence electrons. The van der Waals surface area contributed by atoms with Crippen LogP contribution >= 0.6 is 0 Å². The van der Waals surface area contributed by atoms with E-state index in [9.17, 15) is 9.90 Å². The molecule has 0 aliphatic heterocycles. The third-order valence-electron chi connectivity index (χ3n) is 1.20. The van der Waals surface area contributed by atoms with Crippen LogP contribution in [0.5, 0.6) is 0 Å². The zero-order valence-corrected chi connectivity index (χ0v) is 5.50. The number of nitrogens with zero attached hydrogens (tertiary/aromatic N) is 1. The molecule has 1 heterocycles. The van der Waals surface area contributed by atoms with Crippen molar-refractivity contribution in [3.05, 3.63) is 29.6 Å². The standard InChI is InChI=1S/C7H7NO2/c1-5-3-2-4-8-6(5)7(9)10/h2-4H,1H3,(H,9,10)/p-1. The van der Waals surface area contributed by atoms with Crippen LogP contribution in [0.2, 0.25) is 0 Å². The molecule has 0 N–H and O–H groups in total. The Balaban J connectivity index is 3.15. The summed E-state index contributed by atoms with van der Waals surface area (Å²) in [6.45, 7) is 1.68. The highest BCUT2D eigenvalue weighted by atomic mass is 16.4. The predicted molar refractivity (Wildman–Crippen MR) is 33.3 cm³/mol. The Morgan fingerprint density at radius 2 is 2.40 bits per heavy atom. The van der Waals surface area contributed by atoms with Gasteiger partial charge in [-0.05, 0) is 18.6 Å². The van der Waals surface area contributed by atoms with Gasteiger partial charge in [0.25, 0.3) is 0 Å². The van der Waals surface area contributed by atoms with Gasteiger partial charge in [0.05, 0.1) is 11.7 Å². The SMILES string of the molecule is Cc1cccnc1C(=O)[O-]. The molecule has 0 unspecified atom stereocenters. The molecule has 0 bridgehead atoms. The molecule has 0 aliphatic carbocycles. The molecule has 0 radical (unpaired) electrons. The minimum atomic E-state index is -1.22. The highest BCUT2D eigenvalue weighted by Gasteiger charge is 1.96. The first-order valence-electron chi connectivity index (χ1n) is 2.85. The van der Waals surface area contributed by atoms with Crippen molar-refractivity contribution >= 4 is 5.97 Å². The van der Waals surface area contributed by atoms with Crippen molar-refractivity contribution in [1.29, 1.82) is 0 Å². The van der Waals surface area contributed by atoms with Crippen molar-refractivity contribution < 1.29 is 9.90 Å². The average Bonchev–Trinajstić information content (AvgIpc) is 1.88. The topological polar surface area (TPSA) is 53.0 Å². The van der Waals surface area contributed by atoms with E-state index in [1.165, 1.54) is 6.20 Å². The Morgan fingerprint density at radius 3 is 2.80 bits per heavy atom. The van der Waals surface area contributed by atoms with Gasteiger partial charge in [0.1, 0.15) is 0 Å². The number of rotatable bonds is 1. The zero-order valence-electron chi connectivity index (χ0n) is 5.50.